The van der Waals surface area contributed by atoms with Gasteiger partial charge in [0.15, 0.2) is 11.6 Å². The first-order valence-electron chi connectivity index (χ1n) is 10.2. The predicted molar refractivity (Wildman–Crippen MR) is 116 cm³/mol. The van der Waals surface area contributed by atoms with Crippen molar-refractivity contribution in [1.29, 1.82) is 0 Å². The second-order valence-corrected chi connectivity index (χ2v) is 7.37. The summed E-state index contributed by atoms with van der Waals surface area (Å²) >= 11 is 0. The first kappa shape index (κ1) is 19.0. The normalized spacial score (nSPS) is 14.1. The minimum atomic E-state index is 0.0134. The van der Waals surface area contributed by atoms with Crippen molar-refractivity contribution in [2.45, 2.75) is 6.92 Å². The van der Waals surface area contributed by atoms with Crippen LogP contribution in [0.15, 0.2) is 67.1 Å². The number of amides is 1. The van der Waals surface area contributed by atoms with Gasteiger partial charge in [-0.05, 0) is 37.3 Å². The standard InChI is InChI=1S/C22H22N8O/c1-17-19(16-24-30(17)18-6-3-2-4-7-18)22(31)28-14-12-27(13-15-28)20-8-9-21(26-25-20)29-11-5-10-23-29/h2-11,16H,12-15H2,1H3. The van der Waals surface area contributed by atoms with Gasteiger partial charge in [0.25, 0.3) is 5.91 Å². The molecule has 156 valence electrons. The first-order valence-corrected chi connectivity index (χ1v) is 10.2. The summed E-state index contributed by atoms with van der Waals surface area (Å²) in [4.78, 5) is 17.1. The molecule has 0 unspecified atom stereocenters. The molecule has 5 rings (SSSR count). The zero-order valence-corrected chi connectivity index (χ0v) is 17.2. The molecule has 1 amide bonds. The van der Waals surface area contributed by atoms with Crippen LogP contribution in [0.1, 0.15) is 16.1 Å². The molecule has 0 atom stereocenters. The number of carbonyl (C=O) groups excluding carboxylic acids is 1. The van der Waals surface area contributed by atoms with Gasteiger partial charge >= 0.3 is 0 Å². The third-order valence-corrected chi connectivity index (χ3v) is 5.51. The number of hydrogen-bond acceptors (Lipinski definition) is 6. The van der Waals surface area contributed by atoms with Crippen molar-refractivity contribution in [3.63, 3.8) is 0 Å². The number of nitrogens with zero attached hydrogens (tertiary/aromatic N) is 8. The number of carbonyl (C=O) groups is 1. The third kappa shape index (κ3) is 3.65. The Balaban J connectivity index is 1.25. The van der Waals surface area contributed by atoms with E-state index in [9.17, 15) is 4.79 Å². The molecular formula is C22H22N8O. The molecule has 4 aromatic rings. The van der Waals surface area contributed by atoms with Gasteiger partial charge in [0.05, 0.1) is 23.1 Å². The van der Waals surface area contributed by atoms with Gasteiger partial charge in [-0.1, -0.05) is 18.2 Å². The van der Waals surface area contributed by atoms with Gasteiger partial charge in [-0.15, -0.1) is 10.2 Å². The summed E-state index contributed by atoms with van der Waals surface area (Å²) in [7, 11) is 0. The molecule has 0 N–H and O–H groups in total. The summed E-state index contributed by atoms with van der Waals surface area (Å²) in [5.74, 6) is 1.49. The van der Waals surface area contributed by atoms with E-state index in [0.29, 0.717) is 37.6 Å². The summed E-state index contributed by atoms with van der Waals surface area (Å²) in [5, 5.41) is 17.2. The second-order valence-electron chi connectivity index (χ2n) is 7.37. The van der Waals surface area contributed by atoms with Crippen LogP contribution in [-0.4, -0.2) is 66.7 Å². The van der Waals surface area contributed by atoms with Crippen LogP contribution in [0.2, 0.25) is 0 Å². The highest BCUT2D eigenvalue weighted by molar-refractivity contribution is 5.95. The smallest absolute Gasteiger partial charge is 0.257 e. The van der Waals surface area contributed by atoms with Crippen molar-refractivity contribution in [3.8, 4) is 11.5 Å². The quantitative estimate of drug-likeness (QED) is 0.509. The van der Waals surface area contributed by atoms with Crippen LogP contribution in [0, 0.1) is 6.92 Å². The number of piperazine rings is 1. The van der Waals surface area contributed by atoms with Crippen molar-refractivity contribution < 1.29 is 4.79 Å². The summed E-state index contributed by atoms with van der Waals surface area (Å²) < 4.78 is 3.48. The molecule has 0 aliphatic carbocycles. The molecule has 3 aromatic heterocycles. The number of hydrogen-bond donors (Lipinski definition) is 0. The van der Waals surface area contributed by atoms with Crippen LogP contribution in [0.5, 0.6) is 0 Å². The highest BCUT2D eigenvalue weighted by Gasteiger charge is 2.25. The molecule has 1 aliphatic rings. The lowest BCUT2D eigenvalue weighted by atomic mass is 10.2. The van der Waals surface area contributed by atoms with Crippen LogP contribution in [0.4, 0.5) is 5.82 Å². The molecule has 1 aromatic carbocycles. The molecule has 1 aliphatic heterocycles. The Morgan fingerprint density at radius 2 is 1.61 bits per heavy atom. The first-order chi connectivity index (χ1) is 15.2. The molecular weight excluding hydrogens is 392 g/mol. The van der Waals surface area contributed by atoms with E-state index in [2.05, 4.69) is 25.3 Å². The van der Waals surface area contributed by atoms with E-state index in [1.165, 1.54) is 0 Å². The van der Waals surface area contributed by atoms with Crippen LogP contribution < -0.4 is 4.90 Å². The van der Waals surface area contributed by atoms with Crippen molar-refractivity contribution in [1.82, 2.24) is 34.7 Å². The monoisotopic (exact) mass is 414 g/mol. The average Bonchev–Trinajstić information content (AvgIpc) is 3.50. The van der Waals surface area contributed by atoms with Crippen LogP contribution in [0.25, 0.3) is 11.5 Å². The van der Waals surface area contributed by atoms with Crippen molar-refractivity contribution in [3.05, 3.63) is 78.4 Å². The Morgan fingerprint density at radius 3 is 2.29 bits per heavy atom. The average molecular weight is 414 g/mol. The zero-order valence-electron chi connectivity index (χ0n) is 17.2. The Morgan fingerprint density at radius 1 is 0.871 bits per heavy atom. The maximum absolute atomic E-state index is 13.1. The number of para-hydroxylation sites is 1. The SMILES string of the molecule is Cc1c(C(=O)N2CCN(c3ccc(-n4cccn4)nn3)CC2)cnn1-c1ccccc1. The lowest BCUT2D eigenvalue weighted by Crippen LogP contribution is -2.49. The topological polar surface area (TPSA) is 85.0 Å². The Labute approximate surface area is 179 Å². The van der Waals surface area contributed by atoms with Crippen LogP contribution >= 0.6 is 0 Å². The lowest BCUT2D eigenvalue weighted by molar-refractivity contribution is 0.0745. The van der Waals surface area contributed by atoms with E-state index in [1.807, 2.05) is 66.6 Å². The fourth-order valence-corrected chi connectivity index (χ4v) is 3.77. The van der Waals surface area contributed by atoms with E-state index < -0.39 is 0 Å². The fraction of sp³-hybridized carbons (Fsp3) is 0.227. The van der Waals surface area contributed by atoms with E-state index in [0.717, 1.165) is 17.2 Å². The minimum Gasteiger partial charge on any atom is -0.352 e. The van der Waals surface area contributed by atoms with Gasteiger partial charge in [0.1, 0.15) is 0 Å². The summed E-state index contributed by atoms with van der Waals surface area (Å²) in [6.45, 7) is 4.58. The highest BCUT2D eigenvalue weighted by atomic mass is 16.2. The van der Waals surface area contributed by atoms with Gasteiger partial charge in [-0.25, -0.2) is 9.36 Å². The van der Waals surface area contributed by atoms with Crippen LogP contribution in [-0.2, 0) is 0 Å². The molecule has 9 nitrogen and oxygen atoms in total. The molecule has 0 spiro atoms. The molecule has 0 radical (unpaired) electrons. The Hall–Kier alpha value is -4.01. The molecule has 1 saturated heterocycles. The van der Waals surface area contributed by atoms with Crippen molar-refractivity contribution in [2.24, 2.45) is 0 Å². The summed E-state index contributed by atoms with van der Waals surface area (Å²) in [5.41, 5.74) is 2.43. The molecule has 31 heavy (non-hydrogen) atoms. The second kappa shape index (κ2) is 8.02. The Kier molecular flexibility index (Phi) is 4.91. The molecule has 4 heterocycles. The van der Waals surface area contributed by atoms with Crippen LogP contribution in [0.3, 0.4) is 0 Å². The van der Waals surface area contributed by atoms with Gasteiger partial charge in [-0.3, -0.25) is 4.79 Å². The maximum atomic E-state index is 13.1. The molecule has 9 heteroatoms. The minimum absolute atomic E-state index is 0.0134. The zero-order chi connectivity index (χ0) is 21.2. The number of rotatable bonds is 4. The number of benzene rings is 1. The van der Waals surface area contributed by atoms with E-state index in [-0.39, 0.29) is 5.91 Å². The van der Waals surface area contributed by atoms with E-state index in [4.69, 9.17) is 0 Å². The number of aromatic nitrogens is 6. The molecule has 0 bridgehead atoms. The lowest BCUT2D eigenvalue weighted by Gasteiger charge is -2.35. The summed E-state index contributed by atoms with van der Waals surface area (Å²) in [6, 6.07) is 15.5. The third-order valence-electron chi connectivity index (χ3n) is 5.51. The van der Waals surface area contributed by atoms with E-state index in [1.54, 1.807) is 21.8 Å². The fourth-order valence-electron chi connectivity index (χ4n) is 3.77. The number of anilines is 1. The Bertz CT molecular complexity index is 1160. The highest BCUT2D eigenvalue weighted by Crippen LogP contribution is 2.19. The summed E-state index contributed by atoms with van der Waals surface area (Å²) in [6.07, 6.45) is 5.20. The molecule has 0 saturated carbocycles. The largest absolute Gasteiger partial charge is 0.352 e. The molecule has 1 fully saturated rings. The van der Waals surface area contributed by atoms with Crippen molar-refractivity contribution >= 4 is 11.7 Å². The predicted octanol–water partition coefficient (Wildman–Crippen LogP) is 2.12. The van der Waals surface area contributed by atoms with Gasteiger partial charge in [0, 0.05) is 38.6 Å². The van der Waals surface area contributed by atoms with Gasteiger partial charge in [0.2, 0.25) is 0 Å². The van der Waals surface area contributed by atoms with Gasteiger partial charge in [-0.2, -0.15) is 10.2 Å². The van der Waals surface area contributed by atoms with Crippen molar-refractivity contribution in [2.75, 3.05) is 31.1 Å². The van der Waals surface area contributed by atoms with E-state index >= 15 is 0 Å². The van der Waals surface area contributed by atoms with Gasteiger partial charge < -0.3 is 9.80 Å². The maximum Gasteiger partial charge on any atom is 0.257 e.